The molecule has 368 valence electrons. The minimum absolute atomic E-state index is 0.0142. The van der Waals surface area contributed by atoms with Crippen LogP contribution in [0.15, 0.2) is 85.1 Å². The SMILES string of the molecule is CC/C=C\C/C=C\C/C=C\C/C=C\C/C=C\C/C=C\CCCCCCCOCC(COC1OC(CO)C(O)C(OS(=O)(=O)O)C1O)OC(=O)CCCCCCC/C=C\CCCCCC. The molecule has 0 amide bonds. The van der Waals surface area contributed by atoms with E-state index in [1.54, 1.807) is 0 Å². The Labute approximate surface area is 387 Å². The molecule has 1 aliphatic heterocycles. The number of hydrogen-bond acceptors (Lipinski definition) is 11. The van der Waals surface area contributed by atoms with Crippen molar-refractivity contribution < 1.29 is 56.2 Å². The first-order chi connectivity index (χ1) is 31.1. The summed E-state index contributed by atoms with van der Waals surface area (Å²) in [5.74, 6) is -0.420. The van der Waals surface area contributed by atoms with E-state index in [9.17, 15) is 33.1 Å². The molecule has 6 atom stereocenters. The van der Waals surface area contributed by atoms with Gasteiger partial charge in [0, 0.05) is 13.0 Å². The van der Waals surface area contributed by atoms with Crippen LogP contribution < -0.4 is 0 Å². The first-order valence-corrected chi connectivity index (χ1v) is 25.7. The zero-order chi connectivity index (χ0) is 46.8. The lowest BCUT2D eigenvalue weighted by Gasteiger charge is -2.41. The van der Waals surface area contributed by atoms with Gasteiger partial charge in [-0.15, -0.1) is 0 Å². The number of carbonyl (C=O) groups is 1. The highest BCUT2D eigenvalue weighted by Gasteiger charge is 2.48. The highest BCUT2D eigenvalue weighted by Crippen LogP contribution is 2.26. The maximum absolute atomic E-state index is 12.8. The Balaban J connectivity index is 2.39. The second kappa shape index (κ2) is 41.7. The van der Waals surface area contributed by atoms with E-state index in [2.05, 4.69) is 103 Å². The van der Waals surface area contributed by atoms with E-state index in [-0.39, 0.29) is 19.6 Å². The fourth-order valence-corrected chi connectivity index (χ4v) is 7.35. The molecule has 0 aromatic carbocycles. The Hall–Kier alpha value is -2.72. The third-order valence-corrected chi connectivity index (χ3v) is 11.0. The smallest absolute Gasteiger partial charge is 0.397 e. The second-order valence-corrected chi connectivity index (χ2v) is 17.4. The Morgan fingerprint density at radius 3 is 1.59 bits per heavy atom. The molecule has 1 heterocycles. The maximum atomic E-state index is 12.8. The number of esters is 1. The zero-order valence-electron chi connectivity index (χ0n) is 39.3. The summed E-state index contributed by atoms with van der Waals surface area (Å²) in [4.78, 5) is 12.8. The molecule has 0 radical (unpaired) electrons. The fraction of sp³-hybridized carbons (Fsp3) is 0.706. The summed E-state index contributed by atoms with van der Waals surface area (Å²) in [6, 6.07) is 0. The summed E-state index contributed by atoms with van der Waals surface area (Å²) >= 11 is 0. The van der Waals surface area contributed by atoms with E-state index < -0.39 is 59.8 Å². The number of rotatable bonds is 41. The minimum atomic E-state index is -5.07. The Bertz CT molecular complexity index is 1440. The summed E-state index contributed by atoms with van der Waals surface area (Å²) < 4.78 is 59.1. The van der Waals surface area contributed by atoms with Gasteiger partial charge in [-0.2, -0.15) is 8.42 Å². The van der Waals surface area contributed by atoms with E-state index in [0.717, 1.165) is 116 Å². The second-order valence-electron chi connectivity index (χ2n) is 16.3. The average Bonchev–Trinajstić information content (AvgIpc) is 3.27. The molecule has 12 nitrogen and oxygen atoms in total. The van der Waals surface area contributed by atoms with Crippen molar-refractivity contribution in [2.24, 2.45) is 0 Å². The van der Waals surface area contributed by atoms with Gasteiger partial charge in [0.25, 0.3) is 0 Å². The number of aliphatic hydroxyl groups excluding tert-OH is 3. The van der Waals surface area contributed by atoms with Gasteiger partial charge in [-0.25, -0.2) is 4.18 Å². The molecule has 1 saturated heterocycles. The van der Waals surface area contributed by atoms with Crippen LogP contribution in [-0.4, -0.2) is 97.5 Å². The number of hydrogen-bond donors (Lipinski definition) is 4. The predicted octanol–water partition coefficient (Wildman–Crippen LogP) is 10.9. The number of aliphatic hydroxyl groups is 3. The molecule has 1 fully saturated rings. The van der Waals surface area contributed by atoms with Crippen molar-refractivity contribution in [2.45, 2.75) is 205 Å². The summed E-state index contributed by atoms with van der Waals surface area (Å²) in [6.45, 7) is 3.78. The van der Waals surface area contributed by atoms with Gasteiger partial charge < -0.3 is 34.3 Å². The lowest BCUT2D eigenvalue weighted by Crippen LogP contribution is -2.60. The molecule has 0 aromatic rings. The lowest BCUT2D eigenvalue weighted by molar-refractivity contribution is -0.301. The number of carbonyl (C=O) groups excluding carboxylic acids is 1. The Morgan fingerprint density at radius 2 is 1.08 bits per heavy atom. The first kappa shape index (κ1) is 59.3. The first-order valence-electron chi connectivity index (χ1n) is 24.3. The number of allylic oxidation sites excluding steroid dienone is 14. The van der Waals surface area contributed by atoms with Crippen molar-refractivity contribution in [3.05, 3.63) is 85.1 Å². The predicted molar refractivity (Wildman–Crippen MR) is 257 cm³/mol. The highest BCUT2D eigenvalue weighted by molar-refractivity contribution is 7.80. The number of unbranched alkanes of at least 4 members (excludes halogenated alkanes) is 14. The van der Waals surface area contributed by atoms with Gasteiger partial charge in [-0.3, -0.25) is 9.35 Å². The summed E-state index contributed by atoms with van der Waals surface area (Å²) in [5.41, 5.74) is 0. The van der Waals surface area contributed by atoms with E-state index >= 15 is 0 Å². The van der Waals surface area contributed by atoms with Crippen LogP contribution in [0.4, 0.5) is 0 Å². The van der Waals surface area contributed by atoms with Gasteiger partial charge in [-0.05, 0) is 89.9 Å². The third-order valence-electron chi connectivity index (χ3n) is 10.5. The van der Waals surface area contributed by atoms with E-state index in [1.165, 1.54) is 25.7 Å². The fourth-order valence-electron chi connectivity index (χ4n) is 6.85. The quantitative estimate of drug-likeness (QED) is 0.0198. The van der Waals surface area contributed by atoms with Gasteiger partial charge in [0.15, 0.2) is 6.29 Å². The van der Waals surface area contributed by atoms with Gasteiger partial charge in [0.05, 0.1) is 19.8 Å². The molecule has 13 heteroatoms. The van der Waals surface area contributed by atoms with Crippen molar-refractivity contribution in [1.29, 1.82) is 0 Å². The summed E-state index contributed by atoms with van der Waals surface area (Å²) in [7, 11) is -5.07. The normalized spacial score (nSPS) is 20.5. The average molecular weight is 923 g/mol. The number of ether oxygens (including phenoxy) is 4. The lowest BCUT2D eigenvalue weighted by atomic mass is 9.99. The van der Waals surface area contributed by atoms with Crippen LogP contribution in [-0.2, 0) is 38.3 Å². The molecule has 64 heavy (non-hydrogen) atoms. The maximum Gasteiger partial charge on any atom is 0.397 e. The van der Waals surface area contributed by atoms with Crippen molar-refractivity contribution in [2.75, 3.05) is 26.4 Å². The monoisotopic (exact) mass is 923 g/mol. The molecule has 1 aliphatic rings. The molecule has 0 bridgehead atoms. The summed E-state index contributed by atoms with van der Waals surface area (Å²) in [5, 5.41) is 30.7. The zero-order valence-corrected chi connectivity index (χ0v) is 40.1. The van der Waals surface area contributed by atoms with Crippen molar-refractivity contribution in [3.8, 4) is 0 Å². The molecule has 0 spiro atoms. The standard InChI is InChI=1S/C51H86O12S/c1-3-5-7-9-11-13-15-17-18-19-20-21-22-23-24-25-26-27-29-31-33-35-37-39-41-59-43-45(44-60-51-49(55)50(63-64(56,57)58)48(54)46(42-52)62-51)61-47(53)40-38-36-34-32-30-28-16-14-12-10-8-6-4-2/h5,7,11,13-14,16-18,20-21,23-24,26-27,45-46,48-52,54-55H,3-4,6,8-10,12,15,19,22,25,28-44H2,1-2H3,(H,56,57,58)/b7-5-,13-11-,16-14-,18-17-,21-20-,24-23-,27-26-. The van der Waals surface area contributed by atoms with Gasteiger partial charge >= 0.3 is 16.4 Å². The molecule has 0 aliphatic carbocycles. The molecule has 4 N–H and O–H groups in total. The van der Waals surface area contributed by atoms with Crippen LogP contribution in [0.2, 0.25) is 0 Å². The Kier molecular flexibility index (Phi) is 38.6. The largest absolute Gasteiger partial charge is 0.457 e. The van der Waals surface area contributed by atoms with Crippen LogP contribution >= 0.6 is 0 Å². The third kappa shape index (κ3) is 34.6. The van der Waals surface area contributed by atoms with Crippen LogP contribution in [0.25, 0.3) is 0 Å². The van der Waals surface area contributed by atoms with E-state index in [1.807, 2.05) is 0 Å². The molecule has 1 rings (SSSR count). The molecule has 0 aromatic heterocycles. The molecule has 6 unspecified atom stereocenters. The molecular weight excluding hydrogens is 837 g/mol. The Morgan fingerprint density at radius 1 is 0.609 bits per heavy atom. The van der Waals surface area contributed by atoms with Gasteiger partial charge in [0.1, 0.15) is 30.5 Å². The van der Waals surface area contributed by atoms with Crippen LogP contribution in [0.1, 0.15) is 168 Å². The van der Waals surface area contributed by atoms with Crippen LogP contribution in [0, 0.1) is 0 Å². The molecular formula is C51H86O12S. The van der Waals surface area contributed by atoms with Gasteiger partial charge in [-0.1, -0.05) is 157 Å². The van der Waals surface area contributed by atoms with Crippen molar-refractivity contribution >= 4 is 16.4 Å². The topological polar surface area (TPSA) is 178 Å². The van der Waals surface area contributed by atoms with E-state index in [4.69, 9.17) is 18.9 Å². The van der Waals surface area contributed by atoms with Crippen molar-refractivity contribution in [3.63, 3.8) is 0 Å². The summed E-state index contributed by atoms with van der Waals surface area (Å²) in [6.07, 6.45) is 46.1. The van der Waals surface area contributed by atoms with Crippen molar-refractivity contribution in [1.82, 2.24) is 0 Å². The van der Waals surface area contributed by atoms with Crippen LogP contribution in [0.5, 0.6) is 0 Å². The molecule has 0 saturated carbocycles. The highest BCUT2D eigenvalue weighted by atomic mass is 32.3. The van der Waals surface area contributed by atoms with E-state index in [0.29, 0.717) is 13.0 Å². The van der Waals surface area contributed by atoms with Gasteiger partial charge in [0.2, 0.25) is 0 Å². The van der Waals surface area contributed by atoms with Crippen LogP contribution in [0.3, 0.4) is 0 Å². The minimum Gasteiger partial charge on any atom is -0.457 e.